The molecular weight excluding hydrogens is 222 g/mol. The zero-order valence-corrected chi connectivity index (χ0v) is 9.96. The summed E-state index contributed by atoms with van der Waals surface area (Å²) >= 11 is 5.55. The van der Waals surface area contributed by atoms with Crippen molar-refractivity contribution in [2.24, 2.45) is 0 Å². The Hall–Kier alpha value is -1.02. The van der Waals surface area contributed by atoms with Gasteiger partial charge in [-0.3, -0.25) is 4.79 Å². The molecule has 2 nitrogen and oxygen atoms in total. The van der Waals surface area contributed by atoms with Crippen LogP contribution in [-0.2, 0) is 11.2 Å². The van der Waals surface area contributed by atoms with Crippen LogP contribution in [-0.4, -0.2) is 11.8 Å². The van der Waals surface area contributed by atoms with Gasteiger partial charge in [0.25, 0.3) is 0 Å². The Morgan fingerprint density at radius 1 is 1.44 bits per heavy atom. The van der Waals surface area contributed by atoms with Gasteiger partial charge in [-0.1, -0.05) is 24.3 Å². The van der Waals surface area contributed by atoms with Gasteiger partial charge in [0.05, 0.1) is 6.04 Å². The molecule has 1 amide bonds. The summed E-state index contributed by atoms with van der Waals surface area (Å²) in [6, 6.07) is 8.53. The molecule has 0 unspecified atom stereocenters. The number of hydrogen-bond donors (Lipinski definition) is 1. The maximum Gasteiger partial charge on any atom is 0.221 e. The highest BCUT2D eigenvalue weighted by Crippen LogP contribution is 2.29. The summed E-state index contributed by atoms with van der Waals surface area (Å²) in [7, 11) is 0. The minimum absolute atomic E-state index is 0.0525. The van der Waals surface area contributed by atoms with E-state index in [2.05, 4.69) is 23.5 Å². The Labute approximate surface area is 101 Å². The molecule has 1 aliphatic carbocycles. The molecule has 0 spiro atoms. The van der Waals surface area contributed by atoms with Crippen molar-refractivity contribution in [1.82, 2.24) is 5.32 Å². The van der Waals surface area contributed by atoms with Crippen molar-refractivity contribution in [2.75, 3.05) is 5.88 Å². The number of carbonyl (C=O) groups excluding carboxylic acids is 1. The third-order valence-corrected chi connectivity index (χ3v) is 3.22. The van der Waals surface area contributed by atoms with E-state index in [1.807, 2.05) is 6.07 Å². The lowest BCUT2D eigenvalue weighted by Gasteiger charge is -2.26. The van der Waals surface area contributed by atoms with Crippen molar-refractivity contribution in [3.63, 3.8) is 0 Å². The van der Waals surface area contributed by atoms with Gasteiger partial charge in [0.1, 0.15) is 0 Å². The van der Waals surface area contributed by atoms with E-state index in [9.17, 15) is 4.79 Å². The van der Waals surface area contributed by atoms with Crippen LogP contribution in [0.25, 0.3) is 0 Å². The molecule has 0 aliphatic heterocycles. The molecular formula is C13H16ClNO. The zero-order valence-electron chi connectivity index (χ0n) is 9.21. The smallest absolute Gasteiger partial charge is 0.221 e. The second-order valence-electron chi connectivity index (χ2n) is 4.15. The summed E-state index contributed by atoms with van der Waals surface area (Å²) < 4.78 is 0. The zero-order chi connectivity index (χ0) is 11.4. The van der Waals surface area contributed by atoms with Crippen molar-refractivity contribution in [2.45, 2.75) is 31.7 Å². The third-order valence-electron chi connectivity index (χ3n) is 3.03. The fourth-order valence-electron chi connectivity index (χ4n) is 2.26. The van der Waals surface area contributed by atoms with E-state index in [0.29, 0.717) is 12.3 Å². The summed E-state index contributed by atoms with van der Waals surface area (Å²) in [5.41, 5.74) is 2.64. The molecule has 1 aromatic carbocycles. The highest BCUT2D eigenvalue weighted by Gasteiger charge is 2.20. The molecule has 0 bridgehead atoms. The molecule has 86 valence electrons. The monoisotopic (exact) mass is 237 g/mol. The molecule has 16 heavy (non-hydrogen) atoms. The van der Waals surface area contributed by atoms with Crippen molar-refractivity contribution in [3.05, 3.63) is 35.4 Å². The number of rotatable bonds is 3. The fourth-order valence-corrected chi connectivity index (χ4v) is 2.43. The molecule has 0 radical (unpaired) electrons. The molecule has 1 atom stereocenters. The number of aryl methyl sites for hydroxylation is 1. The second kappa shape index (κ2) is 5.35. The first-order chi connectivity index (χ1) is 7.81. The van der Waals surface area contributed by atoms with E-state index in [1.54, 1.807) is 0 Å². The highest BCUT2D eigenvalue weighted by molar-refractivity contribution is 6.18. The number of amides is 1. The lowest BCUT2D eigenvalue weighted by molar-refractivity contribution is -0.121. The first-order valence-corrected chi connectivity index (χ1v) is 6.28. The molecule has 2 rings (SSSR count). The van der Waals surface area contributed by atoms with Crippen LogP contribution in [0.15, 0.2) is 24.3 Å². The van der Waals surface area contributed by atoms with E-state index in [1.165, 1.54) is 11.1 Å². The van der Waals surface area contributed by atoms with E-state index >= 15 is 0 Å². The van der Waals surface area contributed by atoms with Gasteiger partial charge >= 0.3 is 0 Å². The van der Waals surface area contributed by atoms with Crippen LogP contribution in [0.5, 0.6) is 0 Å². The van der Waals surface area contributed by atoms with Crippen LogP contribution in [0.1, 0.15) is 36.4 Å². The van der Waals surface area contributed by atoms with Crippen molar-refractivity contribution in [3.8, 4) is 0 Å². The first kappa shape index (κ1) is 11.5. The van der Waals surface area contributed by atoms with Gasteiger partial charge in [0.2, 0.25) is 5.91 Å². The molecule has 0 saturated carbocycles. The van der Waals surface area contributed by atoms with Crippen LogP contribution >= 0.6 is 11.6 Å². The van der Waals surface area contributed by atoms with Crippen molar-refractivity contribution >= 4 is 17.5 Å². The number of fused-ring (bicyclic) bond motifs is 1. The first-order valence-electron chi connectivity index (χ1n) is 5.74. The summed E-state index contributed by atoms with van der Waals surface area (Å²) in [5, 5.41) is 3.05. The topological polar surface area (TPSA) is 29.1 Å². The molecule has 3 heteroatoms. The van der Waals surface area contributed by atoms with E-state index in [4.69, 9.17) is 11.6 Å². The second-order valence-corrected chi connectivity index (χ2v) is 4.53. The van der Waals surface area contributed by atoms with Gasteiger partial charge in [0.15, 0.2) is 0 Å². The molecule has 0 heterocycles. The molecule has 1 aliphatic rings. The van der Waals surface area contributed by atoms with E-state index < -0.39 is 0 Å². The Morgan fingerprint density at radius 2 is 2.25 bits per heavy atom. The van der Waals surface area contributed by atoms with Crippen LogP contribution in [0, 0.1) is 0 Å². The molecule has 1 N–H and O–H groups in total. The minimum Gasteiger partial charge on any atom is -0.349 e. The SMILES string of the molecule is O=C(CCCl)N[C@H]1CCCc2ccccc21. The lowest BCUT2D eigenvalue weighted by atomic mass is 9.88. The number of hydrogen-bond acceptors (Lipinski definition) is 1. The Kier molecular flexibility index (Phi) is 3.83. The Morgan fingerprint density at radius 3 is 3.06 bits per heavy atom. The van der Waals surface area contributed by atoms with Crippen LogP contribution in [0.2, 0.25) is 0 Å². The number of benzene rings is 1. The van der Waals surface area contributed by atoms with Crippen LogP contribution in [0.4, 0.5) is 0 Å². The number of alkyl halides is 1. The van der Waals surface area contributed by atoms with Gasteiger partial charge in [-0.05, 0) is 30.4 Å². The fraction of sp³-hybridized carbons (Fsp3) is 0.462. The maximum atomic E-state index is 11.5. The standard InChI is InChI=1S/C13H16ClNO/c14-9-8-13(16)15-12-7-3-5-10-4-1-2-6-11(10)12/h1-2,4,6,12H,3,5,7-9H2,(H,15,16)/t12-/m0/s1. The maximum absolute atomic E-state index is 11.5. The number of halogens is 1. The van der Waals surface area contributed by atoms with Gasteiger partial charge in [-0.2, -0.15) is 0 Å². The van der Waals surface area contributed by atoms with Crippen molar-refractivity contribution in [1.29, 1.82) is 0 Å². The minimum atomic E-state index is 0.0525. The molecule has 0 aromatic heterocycles. The van der Waals surface area contributed by atoms with Crippen LogP contribution in [0.3, 0.4) is 0 Å². The summed E-state index contributed by atoms with van der Waals surface area (Å²) in [6.45, 7) is 0. The highest BCUT2D eigenvalue weighted by atomic mass is 35.5. The summed E-state index contributed by atoms with van der Waals surface area (Å²) in [4.78, 5) is 11.5. The largest absolute Gasteiger partial charge is 0.349 e. The lowest BCUT2D eigenvalue weighted by Crippen LogP contribution is -2.30. The van der Waals surface area contributed by atoms with Gasteiger partial charge < -0.3 is 5.32 Å². The molecule has 0 fully saturated rings. The van der Waals surface area contributed by atoms with Gasteiger partial charge in [0, 0.05) is 12.3 Å². The Balaban J connectivity index is 2.10. The predicted octanol–water partition coefficient (Wildman–Crippen LogP) is 2.81. The van der Waals surface area contributed by atoms with Crippen molar-refractivity contribution < 1.29 is 4.79 Å². The quantitative estimate of drug-likeness (QED) is 0.805. The molecule has 0 saturated heterocycles. The van der Waals surface area contributed by atoms with E-state index in [-0.39, 0.29) is 11.9 Å². The van der Waals surface area contributed by atoms with Crippen LogP contribution < -0.4 is 5.32 Å². The predicted molar refractivity (Wildman–Crippen MR) is 65.6 cm³/mol. The third kappa shape index (κ3) is 2.56. The average Bonchev–Trinajstić information content (AvgIpc) is 2.30. The van der Waals surface area contributed by atoms with Gasteiger partial charge in [-0.15, -0.1) is 11.6 Å². The average molecular weight is 238 g/mol. The molecule has 1 aromatic rings. The number of carbonyl (C=O) groups is 1. The van der Waals surface area contributed by atoms with E-state index in [0.717, 1.165) is 19.3 Å². The summed E-state index contributed by atoms with van der Waals surface area (Å²) in [5.74, 6) is 0.442. The Bertz CT molecular complexity index is 378. The normalized spacial score (nSPS) is 18.9. The summed E-state index contributed by atoms with van der Waals surface area (Å²) in [6.07, 6.45) is 3.70. The van der Waals surface area contributed by atoms with Gasteiger partial charge in [-0.25, -0.2) is 0 Å². The number of nitrogens with one attached hydrogen (secondary N) is 1.